The monoisotopic (exact) mass is 470 g/mol. The van der Waals surface area contributed by atoms with Gasteiger partial charge in [-0.05, 0) is 50.1 Å². The second-order valence-corrected chi connectivity index (χ2v) is 9.14. The molecule has 2 aliphatic rings. The molecule has 2 saturated heterocycles. The van der Waals surface area contributed by atoms with E-state index in [-0.39, 0.29) is 11.8 Å². The van der Waals surface area contributed by atoms with Gasteiger partial charge in [-0.1, -0.05) is 12.1 Å². The maximum absolute atomic E-state index is 13.4. The molecule has 0 spiro atoms. The highest BCUT2D eigenvalue weighted by molar-refractivity contribution is 6.32. The Hall–Kier alpha value is -2.93. The zero-order chi connectivity index (χ0) is 23.4. The number of carbonyl (C=O) groups is 2. The summed E-state index contributed by atoms with van der Waals surface area (Å²) in [4.78, 5) is 32.0. The Morgan fingerprint density at radius 2 is 1.58 bits per heavy atom. The van der Waals surface area contributed by atoms with Crippen molar-refractivity contribution in [2.45, 2.75) is 25.1 Å². The van der Waals surface area contributed by atoms with E-state index in [1.165, 1.54) is 0 Å². The molecule has 8 heteroatoms. The van der Waals surface area contributed by atoms with Crippen LogP contribution in [0.3, 0.4) is 0 Å². The normalized spacial score (nSPS) is 17.1. The number of hydrogen-bond acceptors (Lipinski definition) is 5. The first kappa shape index (κ1) is 23.2. The summed E-state index contributed by atoms with van der Waals surface area (Å²) in [6.07, 6.45) is 2.05. The predicted molar refractivity (Wildman–Crippen MR) is 133 cm³/mol. The number of anilines is 3. The van der Waals surface area contributed by atoms with Crippen molar-refractivity contribution in [3.63, 3.8) is 0 Å². The van der Waals surface area contributed by atoms with Crippen molar-refractivity contribution in [1.29, 1.82) is 0 Å². The topological polar surface area (TPSA) is 65.1 Å². The second-order valence-electron chi connectivity index (χ2n) is 8.48. The van der Waals surface area contributed by atoms with Gasteiger partial charge in [-0.3, -0.25) is 9.59 Å². The Balaban J connectivity index is 1.56. The van der Waals surface area contributed by atoms with Gasteiger partial charge in [0.2, 0.25) is 5.91 Å². The Morgan fingerprint density at radius 3 is 2.21 bits per heavy atom. The molecule has 2 heterocycles. The van der Waals surface area contributed by atoms with Crippen LogP contribution in [0.25, 0.3) is 0 Å². The Bertz CT molecular complexity index is 999. The SMILES string of the molecule is COc1ccccc1N1CCN(c2ccc(NC(=O)C(C)Cl)cc2C(=O)N2CCCC2)CC1. The molecule has 0 bridgehead atoms. The number of nitrogens with zero attached hydrogens (tertiary/aromatic N) is 3. The number of carbonyl (C=O) groups excluding carboxylic acids is 2. The molecule has 176 valence electrons. The molecule has 2 amide bonds. The second kappa shape index (κ2) is 10.3. The zero-order valence-corrected chi connectivity index (χ0v) is 20.0. The quantitative estimate of drug-likeness (QED) is 0.650. The van der Waals surface area contributed by atoms with Gasteiger partial charge < -0.3 is 24.8 Å². The number of piperazine rings is 1. The van der Waals surface area contributed by atoms with Gasteiger partial charge in [-0.2, -0.15) is 0 Å². The van der Waals surface area contributed by atoms with Crippen molar-refractivity contribution >= 4 is 40.5 Å². The lowest BCUT2D eigenvalue weighted by Gasteiger charge is -2.38. The number of alkyl halides is 1. The largest absolute Gasteiger partial charge is 0.495 e. The molecule has 2 aromatic rings. The minimum atomic E-state index is -0.648. The Morgan fingerprint density at radius 1 is 0.939 bits per heavy atom. The van der Waals surface area contributed by atoms with Gasteiger partial charge in [0.1, 0.15) is 11.1 Å². The highest BCUT2D eigenvalue weighted by Crippen LogP contribution is 2.32. The summed E-state index contributed by atoms with van der Waals surface area (Å²) < 4.78 is 5.53. The van der Waals surface area contributed by atoms with Crippen LogP contribution >= 0.6 is 11.6 Å². The van der Waals surface area contributed by atoms with Crippen LogP contribution in [0.1, 0.15) is 30.1 Å². The fourth-order valence-corrected chi connectivity index (χ4v) is 4.53. The van der Waals surface area contributed by atoms with E-state index < -0.39 is 5.38 Å². The van der Waals surface area contributed by atoms with Gasteiger partial charge in [-0.15, -0.1) is 11.6 Å². The summed E-state index contributed by atoms with van der Waals surface area (Å²) in [5, 5.41) is 2.17. The fourth-order valence-electron chi connectivity index (χ4n) is 4.47. The van der Waals surface area contributed by atoms with Crippen molar-refractivity contribution in [2.24, 2.45) is 0 Å². The molecular formula is C25H31ClN4O3. The van der Waals surface area contributed by atoms with E-state index in [2.05, 4.69) is 21.2 Å². The third-order valence-corrected chi connectivity index (χ3v) is 6.49. The lowest BCUT2D eigenvalue weighted by molar-refractivity contribution is -0.115. The average Bonchev–Trinajstić information content (AvgIpc) is 3.38. The van der Waals surface area contributed by atoms with E-state index in [1.807, 2.05) is 35.2 Å². The highest BCUT2D eigenvalue weighted by atomic mass is 35.5. The number of likely N-dealkylation sites (tertiary alicyclic amines) is 1. The van der Waals surface area contributed by atoms with Crippen LogP contribution in [0.5, 0.6) is 5.75 Å². The third-order valence-electron chi connectivity index (χ3n) is 6.30. The Kier molecular flexibility index (Phi) is 7.28. The standard InChI is InChI=1S/C25H31ClN4O3/c1-18(26)24(31)27-19-9-10-21(20(17-19)25(32)30-11-5-6-12-30)28-13-15-29(16-14-28)22-7-3-4-8-23(22)33-2/h3-4,7-10,17-18H,5-6,11-16H2,1-2H3,(H,27,31). The van der Waals surface area contributed by atoms with E-state index in [0.29, 0.717) is 11.3 Å². The number of rotatable bonds is 6. The highest BCUT2D eigenvalue weighted by Gasteiger charge is 2.27. The molecule has 0 aromatic heterocycles. The van der Waals surface area contributed by atoms with Crippen LogP contribution in [0.4, 0.5) is 17.1 Å². The van der Waals surface area contributed by atoms with Crippen LogP contribution in [-0.2, 0) is 4.79 Å². The summed E-state index contributed by atoms with van der Waals surface area (Å²) in [7, 11) is 1.69. The van der Waals surface area contributed by atoms with E-state index in [1.54, 1.807) is 20.1 Å². The predicted octanol–water partition coefficient (Wildman–Crippen LogP) is 3.82. The average molecular weight is 471 g/mol. The Labute approximate surface area is 200 Å². The number of ether oxygens (including phenoxy) is 1. The van der Waals surface area contributed by atoms with Crippen molar-refractivity contribution in [3.05, 3.63) is 48.0 Å². The number of nitrogens with one attached hydrogen (secondary N) is 1. The number of benzene rings is 2. The van der Waals surface area contributed by atoms with Crippen LogP contribution in [0, 0.1) is 0 Å². The number of hydrogen-bond donors (Lipinski definition) is 1. The molecule has 0 aliphatic carbocycles. The van der Waals surface area contributed by atoms with Gasteiger partial charge in [0.05, 0.1) is 18.4 Å². The van der Waals surface area contributed by atoms with Gasteiger partial charge in [0.25, 0.3) is 5.91 Å². The molecule has 1 N–H and O–H groups in total. The number of methoxy groups -OCH3 is 1. The van der Waals surface area contributed by atoms with Gasteiger partial charge in [0.15, 0.2) is 0 Å². The van der Waals surface area contributed by atoms with E-state index in [9.17, 15) is 9.59 Å². The molecule has 2 fully saturated rings. The van der Waals surface area contributed by atoms with Crippen molar-refractivity contribution in [3.8, 4) is 5.75 Å². The maximum Gasteiger partial charge on any atom is 0.256 e. The van der Waals surface area contributed by atoms with Crippen molar-refractivity contribution in [2.75, 3.05) is 61.5 Å². The van der Waals surface area contributed by atoms with Crippen LogP contribution in [0.2, 0.25) is 0 Å². The molecule has 7 nitrogen and oxygen atoms in total. The summed E-state index contributed by atoms with van der Waals surface area (Å²) in [5.41, 5.74) is 3.21. The molecule has 1 atom stereocenters. The first-order chi connectivity index (χ1) is 16.0. The van der Waals surface area contributed by atoms with E-state index in [0.717, 1.165) is 69.2 Å². The van der Waals surface area contributed by atoms with Gasteiger partial charge in [-0.25, -0.2) is 0 Å². The van der Waals surface area contributed by atoms with Crippen molar-refractivity contribution < 1.29 is 14.3 Å². The molecule has 4 rings (SSSR count). The molecule has 1 unspecified atom stereocenters. The van der Waals surface area contributed by atoms with E-state index in [4.69, 9.17) is 16.3 Å². The van der Waals surface area contributed by atoms with Crippen LogP contribution < -0.4 is 19.9 Å². The summed E-state index contributed by atoms with van der Waals surface area (Å²) >= 11 is 5.91. The summed E-state index contributed by atoms with van der Waals surface area (Å²) in [6.45, 7) is 6.37. The first-order valence-corrected chi connectivity index (χ1v) is 11.9. The minimum absolute atomic E-state index is 0.0182. The lowest BCUT2D eigenvalue weighted by atomic mass is 10.1. The lowest BCUT2D eigenvalue weighted by Crippen LogP contribution is -2.47. The van der Waals surface area contributed by atoms with Gasteiger partial charge >= 0.3 is 0 Å². The minimum Gasteiger partial charge on any atom is -0.495 e. The molecular weight excluding hydrogens is 440 g/mol. The fraction of sp³-hybridized carbons (Fsp3) is 0.440. The van der Waals surface area contributed by atoms with Crippen molar-refractivity contribution in [1.82, 2.24) is 4.90 Å². The number of amides is 2. The molecule has 2 aromatic carbocycles. The maximum atomic E-state index is 13.4. The van der Waals surface area contributed by atoms with Gasteiger partial charge in [0, 0.05) is 50.6 Å². The first-order valence-electron chi connectivity index (χ1n) is 11.5. The molecule has 0 radical (unpaired) electrons. The number of halogens is 1. The third kappa shape index (κ3) is 5.19. The smallest absolute Gasteiger partial charge is 0.256 e. The van der Waals surface area contributed by atoms with E-state index >= 15 is 0 Å². The zero-order valence-electron chi connectivity index (χ0n) is 19.2. The van der Waals surface area contributed by atoms with Crippen LogP contribution in [-0.4, -0.2) is 68.5 Å². The molecule has 33 heavy (non-hydrogen) atoms. The molecule has 2 aliphatic heterocycles. The molecule has 0 saturated carbocycles. The number of para-hydroxylation sites is 2. The summed E-state index contributed by atoms with van der Waals surface area (Å²) in [5.74, 6) is 0.601. The van der Waals surface area contributed by atoms with Crippen LogP contribution in [0.15, 0.2) is 42.5 Å². The summed E-state index contributed by atoms with van der Waals surface area (Å²) in [6, 6.07) is 13.6.